The summed E-state index contributed by atoms with van der Waals surface area (Å²) in [6.45, 7) is 2.74. The molecule has 24 heavy (non-hydrogen) atoms. The molecule has 2 aliphatic heterocycles. The fraction of sp³-hybridized carbons (Fsp3) is 0.300. The Morgan fingerprint density at radius 1 is 1.25 bits per heavy atom. The predicted molar refractivity (Wildman–Crippen MR) is 92.5 cm³/mol. The van der Waals surface area contributed by atoms with E-state index in [-0.39, 0.29) is 24.1 Å². The van der Waals surface area contributed by atoms with Crippen molar-refractivity contribution >= 4 is 17.6 Å². The van der Waals surface area contributed by atoms with Gasteiger partial charge in [-0.3, -0.25) is 9.59 Å². The van der Waals surface area contributed by atoms with Crippen molar-refractivity contribution in [3.8, 4) is 0 Å². The monoisotopic (exact) mass is 321 g/mol. The number of rotatable bonds is 2. The van der Waals surface area contributed by atoms with Crippen LogP contribution in [0, 0.1) is 0 Å². The molecule has 0 bridgehead atoms. The molecular weight excluding hydrogens is 302 g/mol. The Morgan fingerprint density at radius 3 is 2.79 bits per heavy atom. The van der Waals surface area contributed by atoms with Gasteiger partial charge in [0.1, 0.15) is 6.61 Å². The maximum Gasteiger partial charge on any atom is 0.313 e. The molecule has 4 nitrogen and oxygen atoms in total. The molecule has 4 rings (SSSR count). The molecule has 1 atom stereocenters. The standard InChI is InChI=1S/C20H19NO3/c1-2-15-16-11-18-14(10-13-6-4-3-5-7-13)8-9-21(18)19(22)17(16)12-24-20(15)23/h3-7,10-11,15H,2,8-9,12H2,1H3/b14-10+. The topological polar surface area (TPSA) is 48.3 Å². The summed E-state index contributed by atoms with van der Waals surface area (Å²) in [7, 11) is 0. The zero-order valence-electron chi connectivity index (χ0n) is 13.6. The highest BCUT2D eigenvalue weighted by Crippen LogP contribution is 2.34. The average Bonchev–Trinajstić information content (AvgIpc) is 2.99. The molecule has 0 amide bonds. The van der Waals surface area contributed by atoms with Gasteiger partial charge in [-0.15, -0.1) is 0 Å². The number of hydrogen-bond donors (Lipinski definition) is 0. The van der Waals surface area contributed by atoms with Gasteiger partial charge in [0.05, 0.1) is 11.5 Å². The van der Waals surface area contributed by atoms with E-state index in [1.54, 1.807) is 0 Å². The van der Waals surface area contributed by atoms with Crippen molar-refractivity contribution < 1.29 is 9.53 Å². The zero-order valence-corrected chi connectivity index (χ0v) is 13.6. The number of pyridine rings is 1. The lowest BCUT2D eigenvalue weighted by Gasteiger charge is -2.24. The summed E-state index contributed by atoms with van der Waals surface area (Å²) in [4.78, 5) is 24.8. The Labute approximate surface area is 140 Å². The number of fused-ring (bicyclic) bond motifs is 2. The average molecular weight is 321 g/mol. The number of aromatic nitrogens is 1. The molecule has 122 valence electrons. The minimum atomic E-state index is -0.328. The molecule has 1 aromatic heterocycles. The van der Waals surface area contributed by atoms with Crippen LogP contribution in [-0.4, -0.2) is 10.5 Å². The summed E-state index contributed by atoms with van der Waals surface area (Å²) in [6, 6.07) is 12.1. The largest absolute Gasteiger partial charge is 0.460 e. The highest BCUT2D eigenvalue weighted by molar-refractivity contribution is 5.84. The molecule has 0 N–H and O–H groups in total. The van der Waals surface area contributed by atoms with E-state index in [9.17, 15) is 9.59 Å². The molecule has 0 fully saturated rings. The number of benzene rings is 1. The third kappa shape index (κ3) is 2.30. The molecular formula is C20H19NO3. The quantitative estimate of drug-likeness (QED) is 0.797. The first-order valence-electron chi connectivity index (χ1n) is 8.38. The van der Waals surface area contributed by atoms with Crippen LogP contribution in [0.4, 0.5) is 0 Å². The van der Waals surface area contributed by atoms with Crippen LogP contribution in [0.5, 0.6) is 0 Å². The molecule has 0 aliphatic carbocycles. The highest BCUT2D eigenvalue weighted by Gasteiger charge is 2.32. The number of ether oxygens (including phenoxy) is 1. The third-order valence-electron chi connectivity index (χ3n) is 4.94. The molecule has 1 unspecified atom stereocenters. The van der Waals surface area contributed by atoms with Crippen molar-refractivity contribution in [2.75, 3.05) is 0 Å². The highest BCUT2D eigenvalue weighted by atomic mass is 16.5. The number of carbonyl (C=O) groups is 1. The molecule has 1 aromatic carbocycles. The van der Waals surface area contributed by atoms with Crippen LogP contribution in [0.2, 0.25) is 0 Å². The summed E-state index contributed by atoms with van der Waals surface area (Å²) in [6.07, 6.45) is 3.61. The molecule has 4 heteroatoms. The summed E-state index contributed by atoms with van der Waals surface area (Å²) in [5.41, 5.74) is 4.70. The van der Waals surface area contributed by atoms with E-state index in [1.807, 2.05) is 35.8 Å². The number of hydrogen-bond acceptors (Lipinski definition) is 3. The Hall–Kier alpha value is -2.62. The van der Waals surface area contributed by atoms with Crippen molar-refractivity contribution in [3.05, 3.63) is 69.1 Å². The van der Waals surface area contributed by atoms with Gasteiger partial charge in [-0.05, 0) is 41.7 Å². The van der Waals surface area contributed by atoms with E-state index in [4.69, 9.17) is 4.74 Å². The SMILES string of the molecule is CCC1C(=O)OCc2c1cc1n(c2=O)CC/C1=C\c1ccccc1. The summed E-state index contributed by atoms with van der Waals surface area (Å²) in [5, 5.41) is 0. The van der Waals surface area contributed by atoms with Crippen LogP contribution in [-0.2, 0) is 22.7 Å². The summed E-state index contributed by atoms with van der Waals surface area (Å²) in [5.74, 6) is -0.549. The van der Waals surface area contributed by atoms with Gasteiger partial charge in [0.25, 0.3) is 5.56 Å². The van der Waals surface area contributed by atoms with Crippen molar-refractivity contribution in [1.29, 1.82) is 0 Å². The van der Waals surface area contributed by atoms with E-state index in [2.05, 4.69) is 18.2 Å². The Balaban J connectivity index is 1.87. The van der Waals surface area contributed by atoms with E-state index in [1.165, 1.54) is 0 Å². The smallest absolute Gasteiger partial charge is 0.313 e. The van der Waals surface area contributed by atoms with Crippen LogP contribution in [0.15, 0.2) is 41.2 Å². The van der Waals surface area contributed by atoms with Gasteiger partial charge in [-0.1, -0.05) is 37.3 Å². The van der Waals surface area contributed by atoms with E-state index >= 15 is 0 Å². The van der Waals surface area contributed by atoms with E-state index in [0.29, 0.717) is 18.5 Å². The van der Waals surface area contributed by atoms with Crippen molar-refractivity contribution in [2.24, 2.45) is 0 Å². The Kier molecular flexibility index (Phi) is 3.60. The lowest BCUT2D eigenvalue weighted by molar-refractivity contribution is -0.148. The van der Waals surface area contributed by atoms with Crippen LogP contribution >= 0.6 is 0 Å². The second-order valence-corrected chi connectivity index (χ2v) is 6.32. The second-order valence-electron chi connectivity index (χ2n) is 6.32. The first-order valence-corrected chi connectivity index (χ1v) is 8.38. The van der Waals surface area contributed by atoms with Gasteiger partial charge in [0, 0.05) is 12.2 Å². The van der Waals surface area contributed by atoms with E-state index < -0.39 is 0 Å². The van der Waals surface area contributed by atoms with Crippen molar-refractivity contribution in [1.82, 2.24) is 4.57 Å². The first-order chi connectivity index (χ1) is 11.7. The maximum atomic E-state index is 12.8. The molecule has 0 saturated heterocycles. The van der Waals surface area contributed by atoms with Gasteiger partial charge in [-0.25, -0.2) is 0 Å². The van der Waals surface area contributed by atoms with Gasteiger partial charge in [0.2, 0.25) is 0 Å². The third-order valence-corrected chi connectivity index (χ3v) is 4.94. The summed E-state index contributed by atoms with van der Waals surface area (Å²) < 4.78 is 7.02. The zero-order chi connectivity index (χ0) is 16.7. The normalized spacial score (nSPS) is 20.6. The van der Waals surface area contributed by atoms with E-state index in [0.717, 1.165) is 28.8 Å². The van der Waals surface area contributed by atoms with Crippen LogP contribution in [0.25, 0.3) is 11.6 Å². The minimum Gasteiger partial charge on any atom is -0.460 e. The predicted octanol–water partition coefficient (Wildman–Crippen LogP) is 3.34. The number of esters is 1. The number of allylic oxidation sites excluding steroid dienone is 1. The molecule has 2 aliphatic rings. The molecule has 0 spiro atoms. The molecule has 0 radical (unpaired) electrons. The fourth-order valence-corrected chi connectivity index (χ4v) is 3.67. The van der Waals surface area contributed by atoms with Crippen LogP contribution in [0.3, 0.4) is 0 Å². The van der Waals surface area contributed by atoms with Gasteiger partial charge in [0.15, 0.2) is 0 Å². The Morgan fingerprint density at radius 2 is 2.04 bits per heavy atom. The van der Waals surface area contributed by atoms with Crippen LogP contribution in [0.1, 0.15) is 48.1 Å². The lowest BCUT2D eigenvalue weighted by atomic mass is 9.90. The maximum absolute atomic E-state index is 12.8. The lowest BCUT2D eigenvalue weighted by Crippen LogP contribution is -2.32. The van der Waals surface area contributed by atoms with Crippen molar-refractivity contribution in [3.63, 3.8) is 0 Å². The van der Waals surface area contributed by atoms with Gasteiger partial charge < -0.3 is 9.30 Å². The molecule has 3 heterocycles. The van der Waals surface area contributed by atoms with Crippen molar-refractivity contribution in [2.45, 2.75) is 38.8 Å². The second kappa shape index (κ2) is 5.78. The summed E-state index contributed by atoms with van der Waals surface area (Å²) >= 11 is 0. The number of cyclic esters (lactones) is 1. The minimum absolute atomic E-state index is 0.00934. The molecule has 0 saturated carbocycles. The fourth-order valence-electron chi connectivity index (χ4n) is 3.67. The number of nitrogens with zero attached hydrogens (tertiary/aromatic N) is 1. The first kappa shape index (κ1) is 14.9. The van der Waals surface area contributed by atoms with Crippen LogP contribution < -0.4 is 5.56 Å². The molecule has 2 aromatic rings. The number of carbonyl (C=O) groups excluding carboxylic acids is 1. The van der Waals surface area contributed by atoms with Gasteiger partial charge in [-0.2, -0.15) is 0 Å². The Bertz CT molecular complexity index is 893. The van der Waals surface area contributed by atoms with Gasteiger partial charge >= 0.3 is 5.97 Å².